The van der Waals surface area contributed by atoms with Gasteiger partial charge in [0.2, 0.25) is 0 Å². The number of benzene rings is 3. The molecule has 0 saturated heterocycles. The van der Waals surface area contributed by atoms with Crippen molar-refractivity contribution in [2.24, 2.45) is 0 Å². The molecule has 0 bridgehead atoms. The molecule has 4 heteroatoms. The van der Waals surface area contributed by atoms with E-state index < -0.39 is 17.0 Å². The number of halogens is 2. The van der Waals surface area contributed by atoms with E-state index in [-0.39, 0.29) is 6.15 Å². The van der Waals surface area contributed by atoms with Gasteiger partial charge >= 0.3 is 35.6 Å². The van der Waals surface area contributed by atoms with Crippen molar-refractivity contribution in [1.82, 2.24) is 0 Å². The molecule has 2 N–H and O–H groups in total. The molecule has 146 valence electrons. The van der Waals surface area contributed by atoms with Crippen molar-refractivity contribution in [3.05, 3.63) is 102 Å². The van der Waals surface area contributed by atoms with E-state index >= 15 is 0 Å². The van der Waals surface area contributed by atoms with Gasteiger partial charge in [0, 0.05) is 0 Å². The van der Waals surface area contributed by atoms with Crippen LogP contribution in [-0.2, 0) is 23.5 Å². The van der Waals surface area contributed by atoms with E-state index in [2.05, 4.69) is 80.6 Å². The third-order valence-electron chi connectivity index (χ3n) is 5.22. The van der Waals surface area contributed by atoms with Crippen molar-refractivity contribution in [2.45, 2.75) is 32.1 Å². The first-order chi connectivity index (χ1) is 13.2. The van der Waals surface area contributed by atoms with E-state index in [4.69, 9.17) is 18.6 Å². The van der Waals surface area contributed by atoms with Gasteiger partial charge in [0.25, 0.3) is 0 Å². The molecule has 1 aliphatic rings. The molecule has 1 nitrogen and oxygen atoms in total. The van der Waals surface area contributed by atoms with Crippen molar-refractivity contribution >= 4 is 35.5 Å². The van der Waals surface area contributed by atoms with Crippen LogP contribution in [0.2, 0.25) is 0 Å². The fourth-order valence-corrected chi connectivity index (χ4v) is 3.93. The van der Waals surface area contributed by atoms with Gasteiger partial charge in [-0.2, -0.15) is 12.5 Å². The minimum atomic E-state index is -0.556. The summed E-state index contributed by atoms with van der Waals surface area (Å²) < 4.78 is 0. The van der Waals surface area contributed by atoms with Crippen molar-refractivity contribution in [1.29, 1.82) is 0 Å². The van der Waals surface area contributed by atoms with Gasteiger partial charge in [-0.1, -0.05) is 92.3 Å². The van der Waals surface area contributed by atoms with Crippen molar-refractivity contribution in [3.8, 4) is 0 Å². The predicted molar refractivity (Wildman–Crippen MR) is 121 cm³/mol. The fraction of sp³-hybridized carbons (Fsp3) is 0.208. The number of rotatable bonds is 4. The van der Waals surface area contributed by atoms with Gasteiger partial charge in [-0.25, -0.2) is 0 Å². The van der Waals surface area contributed by atoms with E-state index in [9.17, 15) is 0 Å². The van der Waals surface area contributed by atoms with Crippen molar-refractivity contribution in [3.63, 3.8) is 0 Å². The van der Waals surface area contributed by atoms with Gasteiger partial charge in [-0.3, -0.25) is 0 Å². The van der Waals surface area contributed by atoms with Gasteiger partial charge in [-0.15, -0.1) is 17.2 Å². The number of allylic oxidation sites excluding steroid dienone is 1. The molecule has 0 saturated carbocycles. The van der Waals surface area contributed by atoms with E-state index in [0.717, 1.165) is 6.42 Å². The Bertz CT molecular complexity index is 952. The van der Waals surface area contributed by atoms with Crippen LogP contribution in [0.15, 0.2) is 60.7 Å². The maximum atomic E-state index is 4.89. The minimum absolute atomic E-state index is 0. The van der Waals surface area contributed by atoms with E-state index in [1.54, 1.807) is 0 Å². The maximum Gasteiger partial charge on any atom is -0.693 e. The molecular weight excluding hydrogens is 421 g/mol. The zero-order valence-electron chi connectivity index (χ0n) is 16.1. The summed E-state index contributed by atoms with van der Waals surface area (Å²) in [5.74, 6) is 0.332. The third kappa shape index (κ3) is 4.85. The SMILES string of the molecule is [CH2-]c1c(C2C=Cc3ccccc32)cc2ccccc2c1CCCC.[Cl][Ti][Cl].[NH2-]. The first kappa shape index (κ1) is 23.1. The zero-order valence-corrected chi connectivity index (χ0v) is 19.2. The second-order valence-corrected chi connectivity index (χ2v) is 9.36. The standard InChI is InChI=1S/C24H23.2ClH.H2N.Ti/c1-3-4-11-20-17(2)24(16-19-10-6-8-13-22(19)20)23-15-14-18-9-5-7-12-21(18)23;;;;/h5-10,12-16,23H,2-4,11H2,1H3;2*1H;1H2;/q-1;;;-1;+2/p-2. The van der Waals surface area contributed by atoms with Crippen LogP contribution >= 0.6 is 18.6 Å². The first-order valence-electron chi connectivity index (χ1n) is 9.31. The normalized spacial score (nSPS) is 14.0. The summed E-state index contributed by atoms with van der Waals surface area (Å²) in [6.45, 7) is 6.76. The Balaban J connectivity index is 0.000000660. The molecule has 1 atom stereocenters. The summed E-state index contributed by atoms with van der Waals surface area (Å²) in [6.07, 6.45) is 8.12. The Morgan fingerprint density at radius 3 is 2.43 bits per heavy atom. The molecule has 0 fully saturated rings. The molecule has 0 heterocycles. The average molecular weight is 446 g/mol. The monoisotopic (exact) mass is 445 g/mol. The Hall–Kier alpha value is -1.22. The summed E-state index contributed by atoms with van der Waals surface area (Å²) >= 11 is -0.556. The zero-order chi connectivity index (χ0) is 19.2. The summed E-state index contributed by atoms with van der Waals surface area (Å²) in [5.41, 5.74) is 6.77. The smallest absolute Gasteiger partial charge is 0.693 e. The third-order valence-corrected chi connectivity index (χ3v) is 5.22. The van der Waals surface area contributed by atoms with E-state index in [1.165, 1.54) is 51.4 Å². The van der Waals surface area contributed by atoms with Crippen molar-refractivity contribution in [2.75, 3.05) is 0 Å². The van der Waals surface area contributed by atoms with Crippen molar-refractivity contribution < 1.29 is 17.0 Å². The largest absolute Gasteiger partial charge is 0.693 e. The van der Waals surface area contributed by atoms with Crippen LogP contribution in [0.5, 0.6) is 0 Å². The van der Waals surface area contributed by atoms with E-state index in [1.807, 2.05) is 0 Å². The summed E-state index contributed by atoms with van der Waals surface area (Å²) in [7, 11) is 9.78. The Labute approximate surface area is 185 Å². The number of nitrogens with two attached hydrogens (primary N) is 1. The Morgan fingerprint density at radius 2 is 1.68 bits per heavy atom. The molecule has 0 radical (unpaired) electrons. The molecule has 1 unspecified atom stereocenters. The second-order valence-electron chi connectivity index (χ2n) is 6.78. The Morgan fingerprint density at radius 1 is 1.00 bits per heavy atom. The molecule has 0 spiro atoms. The molecule has 1 aliphatic carbocycles. The van der Waals surface area contributed by atoms with Crippen LogP contribution in [0.1, 0.15) is 53.5 Å². The van der Waals surface area contributed by atoms with Crippen LogP contribution in [0, 0.1) is 6.92 Å². The number of hydrogen-bond acceptors (Lipinski definition) is 0. The van der Waals surface area contributed by atoms with Crippen LogP contribution in [-0.4, -0.2) is 0 Å². The maximum absolute atomic E-state index is 4.89. The molecule has 0 aliphatic heterocycles. The fourth-order valence-electron chi connectivity index (χ4n) is 3.93. The molecule has 0 amide bonds. The number of aryl methyl sites for hydroxylation is 1. The van der Waals surface area contributed by atoms with Gasteiger partial charge in [0.1, 0.15) is 0 Å². The quantitative estimate of drug-likeness (QED) is 0.284. The van der Waals surface area contributed by atoms with Crippen LogP contribution in [0.4, 0.5) is 0 Å². The van der Waals surface area contributed by atoms with Gasteiger partial charge < -0.3 is 6.15 Å². The average Bonchev–Trinajstić information content (AvgIpc) is 3.11. The minimum Gasteiger partial charge on any atom is -0.693 e. The van der Waals surface area contributed by atoms with Crippen LogP contribution in [0.3, 0.4) is 0 Å². The molecule has 0 aromatic heterocycles. The molecule has 3 aromatic rings. The number of hydrogen-bond donors (Lipinski definition) is 0. The molecule has 3 aromatic carbocycles. The van der Waals surface area contributed by atoms with Gasteiger partial charge in [-0.05, 0) is 22.4 Å². The number of unbranched alkanes of at least 4 members (excludes halogenated alkanes) is 1. The predicted octanol–water partition coefficient (Wildman–Crippen LogP) is 8.62. The van der Waals surface area contributed by atoms with E-state index in [0.29, 0.717) is 5.92 Å². The first-order valence-corrected chi connectivity index (χ1v) is 13.6. The molecule has 4 rings (SSSR count). The van der Waals surface area contributed by atoms with Gasteiger partial charge in [0.05, 0.1) is 0 Å². The molecular formula is C24H25Cl2NTi-2. The number of fused-ring (bicyclic) bond motifs is 2. The molecule has 28 heavy (non-hydrogen) atoms. The van der Waals surface area contributed by atoms with Crippen LogP contribution in [0.25, 0.3) is 23.0 Å². The summed E-state index contributed by atoms with van der Waals surface area (Å²) in [6, 6.07) is 19.8. The van der Waals surface area contributed by atoms with Gasteiger partial charge in [0.15, 0.2) is 0 Å². The Kier molecular flexibility index (Phi) is 9.14. The summed E-state index contributed by atoms with van der Waals surface area (Å²) in [4.78, 5) is 0. The summed E-state index contributed by atoms with van der Waals surface area (Å²) in [5, 5.41) is 2.71. The second kappa shape index (κ2) is 11.1. The van der Waals surface area contributed by atoms with Crippen LogP contribution < -0.4 is 0 Å². The topological polar surface area (TPSA) is 33.5 Å².